The van der Waals surface area contributed by atoms with Crippen molar-refractivity contribution in [3.63, 3.8) is 0 Å². The zero-order valence-corrected chi connectivity index (χ0v) is 24.5. The lowest BCUT2D eigenvalue weighted by molar-refractivity contribution is -0.123. The Morgan fingerprint density at radius 3 is 2.38 bits per heavy atom. The molecule has 0 aromatic heterocycles. The smallest absolute Gasteiger partial charge is 0.264 e. The average Bonchev–Trinajstić information content (AvgIpc) is 3.53. The molecular formula is C31H36N4O6S. The summed E-state index contributed by atoms with van der Waals surface area (Å²) in [5.41, 5.74) is 4.50. The van der Waals surface area contributed by atoms with Crippen molar-refractivity contribution in [1.29, 1.82) is 0 Å². The molecule has 4 rings (SSSR count). The Morgan fingerprint density at radius 1 is 1.02 bits per heavy atom. The molecule has 42 heavy (non-hydrogen) atoms. The summed E-state index contributed by atoms with van der Waals surface area (Å²) in [6.45, 7) is 4.73. The molecule has 222 valence electrons. The predicted octanol–water partition coefficient (Wildman–Crippen LogP) is 3.83. The molecule has 0 aliphatic carbocycles. The van der Waals surface area contributed by atoms with Crippen molar-refractivity contribution in [2.75, 3.05) is 30.6 Å². The van der Waals surface area contributed by atoms with E-state index in [0.29, 0.717) is 23.5 Å². The Bertz CT molecular complexity index is 1450. The van der Waals surface area contributed by atoms with Gasteiger partial charge in [-0.3, -0.25) is 13.9 Å². The van der Waals surface area contributed by atoms with Crippen LogP contribution in [0.15, 0.2) is 88.9 Å². The van der Waals surface area contributed by atoms with Gasteiger partial charge < -0.3 is 14.8 Å². The van der Waals surface area contributed by atoms with Gasteiger partial charge in [0.1, 0.15) is 12.3 Å². The standard InChI is InChI=1S/C31H36N4O6S/c1-23(2)25-12-14-26(15-13-25)35(42(38,39)29-8-4-3-5-9-29)21-30(36)34-33-19-24-10-16-27(17-11-24)41-22-31(37)32-20-28-7-6-18-40-28/h3-5,8-17,19,23,28H,6-7,18,20-22H2,1-2H3,(H,32,37)(H,34,36)/b33-19-/t28-/m0/s1. The largest absolute Gasteiger partial charge is 0.484 e. The number of amides is 2. The van der Waals surface area contributed by atoms with Crippen LogP contribution < -0.4 is 19.8 Å². The second-order valence-electron chi connectivity index (χ2n) is 10.2. The van der Waals surface area contributed by atoms with Gasteiger partial charge in [0.25, 0.3) is 21.8 Å². The van der Waals surface area contributed by atoms with Crippen molar-refractivity contribution < 1.29 is 27.5 Å². The fourth-order valence-electron chi connectivity index (χ4n) is 4.29. The van der Waals surface area contributed by atoms with Gasteiger partial charge in [0, 0.05) is 13.2 Å². The maximum absolute atomic E-state index is 13.5. The zero-order chi connectivity index (χ0) is 30.0. The van der Waals surface area contributed by atoms with Crippen LogP contribution in [0, 0.1) is 0 Å². The van der Waals surface area contributed by atoms with E-state index in [4.69, 9.17) is 9.47 Å². The van der Waals surface area contributed by atoms with Gasteiger partial charge in [-0.2, -0.15) is 5.10 Å². The number of rotatable bonds is 13. The SMILES string of the molecule is CC(C)c1ccc(N(CC(=O)N/N=C\c2ccc(OCC(=O)NC[C@@H]3CCCO3)cc2)S(=O)(=O)c2ccccc2)cc1. The van der Waals surface area contributed by atoms with Crippen LogP contribution >= 0.6 is 0 Å². The second kappa shape index (κ2) is 14.6. The lowest BCUT2D eigenvalue weighted by atomic mass is 10.0. The molecule has 1 saturated heterocycles. The Kier molecular flexibility index (Phi) is 10.7. The summed E-state index contributed by atoms with van der Waals surface area (Å²) < 4.78 is 39.0. The first-order valence-corrected chi connectivity index (χ1v) is 15.3. The molecule has 3 aromatic rings. The summed E-state index contributed by atoms with van der Waals surface area (Å²) in [7, 11) is -4.01. The number of anilines is 1. The van der Waals surface area contributed by atoms with Crippen LogP contribution in [0.4, 0.5) is 5.69 Å². The number of carbonyl (C=O) groups excluding carboxylic acids is 2. The van der Waals surface area contributed by atoms with E-state index in [2.05, 4.69) is 15.8 Å². The number of hydrogen-bond acceptors (Lipinski definition) is 7. The predicted molar refractivity (Wildman–Crippen MR) is 161 cm³/mol. The molecular weight excluding hydrogens is 556 g/mol. The monoisotopic (exact) mass is 592 g/mol. The molecule has 0 radical (unpaired) electrons. The van der Waals surface area contributed by atoms with Gasteiger partial charge in [-0.15, -0.1) is 0 Å². The minimum Gasteiger partial charge on any atom is -0.484 e. The van der Waals surface area contributed by atoms with Crippen LogP contribution in [-0.2, 0) is 24.3 Å². The van der Waals surface area contributed by atoms with Gasteiger partial charge >= 0.3 is 0 Å². The van der Waals surface area contributed by atoms with E-state index >= 15 is 0 Å². The van der Waals surface area contributed by atoms with Crippen molar-refractivity contribution in [3.05, 3.63) is 90.0 Å². The fourth-order valence-corrected chi connectivity index (χ4v) is 5.73. The molecule has 1 aliphatic rings. The molecule has 0 saturated carbocycles. The highest BCUT2D eigenvalue weighted by atomic mass is 32.2. The van der Waals surface area contributed by atoms with Crippen LogP contribution in [0.2, 0.25) is 0 Å². The van der Waals surface area contributed by atoms with E-state index in [1.807, 2.05) is 26.0 Å². The van der Waals surface area contributed by atoms with Crippen molar-refractivity contribution in [1.82, 2.24) is 10.7 Å². The van der Waals surface area contributed by atoms with Crippen molar-refractivity contribution >= 4 is 33.7 Å². The van der Waals surface area contributed by atoms with Crippen LogP contribution in [0.5, 0.6) is 5.75 Å². The third-order valence-corrected chi connectivity index (χ3v) is 8.46. The topological polar surface area (TPSA) is 126 Å². The minimum atomic E-state index is -4.01. The summed E-state index contributed by atoms with van der Waals surface area (Å²) in [6, 6.07) is 21.9. The van der Waals surface area contributed by atoms with Crippen LogP contribution in [0.1, 0.15) is 43.7 Å². The molecule has 0 spiro atoms. The number of hydrogen-bond donors (Lipinski definition) is 2. The summed E-state index contributed by atoms with van der Waals surface area (Å²) in [5, 5.41) is 6.79. The highest BCUT2D eigenvalue weighted by Crippen LogP contribution is 2.25. The van der Waals surface area contributed by atoms with E-state index in [-0.39, 0.29) is 29.4 Å². The molecule has 0 bridgehead atoms. The molecule has 1 fully saturated rings. The van der Waals surface area contributed by atoms with E-state index in [9.17, 15) is 18.0 Å². The first-order valence-electron chi connectivity index (χ1n) is 13.8. The Hall–Kier alpha value is -4.22. The van der Waals surface area contributed by atoms with Crippen molar-refractivity contribution in [3.8, 4) is 5.75 Å². The van der Waals surface area contributed by atoms with Crippen LogP contribution in [0.25, 0.3) is 0 Å². The molecule has 0 unspecified atom stereocenters. The number of nitrogens with one attached hydrogen (secondary N) is 2. The van der Waals surface area contributed by atoms with Crippen LogP contribution in [0.3, 0.4) is 0 Å². The molecule has 1 aliphatic heterocycles. The number of nitrogens with zero attached hydrogens (tertiary/aromatic N) is 2. The molecule has 11 heteroatoms. The van der Waals surface area contributed by atoms with Gasteiger partial charge in [0.15, 0.2) is 6.61 Å². The van der Waals surface area contributed by atoms with Crippen molar-refractivity contribution in [2.24, 2.45) is 5.10 Å². The zero-order valence-electron chi connectivity index (χ0n) is 23.7. The van der Waals surface area contributed by atoms with Crippen LogP contribution in [-0.4, -0.2) is 58.9 Å². The number of carbonyl (C=O) groups is 2. The number of hydrazone groups is 1. The highest BCUT2D eigenvalue weighted by Gasteiger charge is 2.27. The van der Waals surface area contributed by atoms with Gasteiger partial charge in [-0.1, -0.05) is 44.2 Å². The maximum atomic E-state index is 13.5. The van der Waals surface area contributed by atoms with E-state index < -0.39 is 22.5 Å². The molecule has 2 N–H and O–H groups in total. The van der Waals surface area contributed by atoms with E-state index in [0.717, 1.165) is 29.3 Å². The first-order chi connectivity index (χ1) is 20.2. The quantitative estimate of drug-likeness (QED) is 0.230. The average molecular weight is 593 g/mol. The summed E-state index contributed by atoms with van der Waals surface area (Å²) in [6.07, 6.45) is 3.46. The molecule has 1 atom stereocenters. The number of sulfonamides is 1. The Balaban J connectivity index is 1.33. The normalized spacial score (nSPS) is 15.1. The van der Waals surface area contributed by atoms with Gasteiger partial charge in [-0.25, -0.2) is 13.8 Å². The van der Waals surface area contributed by atoms with E-state index in [1.165, 1.54) is 18.3 Å². The third-order valence-electron chi connectivity index (χ3n) is 6.67. The number of ether oxygens (including phenoxy) is 2. The third kappa shape index (κ3) is 8.64. The summed E-state index contributed by atoms with van der Waals surface area (Å²) in [4.78, 5) is 24.9. The molecule has 3 aromatic carbocycles. The fraction of sp³-hybridized carbons (Fsp3) is 0.323. The van der Waals surface area contributed by atoms with Gasteiger partial charge in [-0.05, 0) is 78.4 Å². The molecule has 2 amide bonds. The lowest BCUT2D eigenvalue weighted by Gasteiger charge is -2.24. The number of benzene rings is 3. The molecule has 10 nitrogen and oxygen atoms in total. The van der Waals surface area contributed by atoms with Gasteiger partial charge in [0.05, 0.1) is 22.9 Å². The molecule has 1 heterocycles. The maximum Gasteiger partial charge on any atom is 0.264 e. The van der Waals surface area contributed by atoms with E-state index in [1.54, 1.807) is 54.6 Å². The minimum absolute atomic E-state index is 0.0700. The summed E-state index contributed by atoms with van der Waals surface area (Å²) in [5.74, 6) is -0.0443. The second-order valence-corrected chi connectivity index (χ2v) is 12.0. The lowest BCUT2D eigenvalue weighted by Crippen LogP contribution is -2.39. The van der Waals surface area contributed by atoms with Gasteiger partial charge in [0.2, 0.25) is 0 Å². The highest BCUT2D eigenvalue weighted by molar-refractivity contribution is 7.92. The first kappa shape index (κ1) is 30.7. The Labute approximate surface area is 246 Å². The Morgan fingerprint density at radius 2 is 1.74 bits per heavy atom. The van der Waals surface area contributed by atoms with Crippen molar-refractivity contribution in [2.45, 2.75) is 43.6 Å². The summed E-state index contributed by atoms with van der Waals surface area (Å²) >= 11 is 0.